The summed E-state index contributed by atoms with van der Waals surface area (Å²) < 4.78 is 3.77. The first-order valence-corrected chi connectivity index (χ1v) is 5.84. The van der Waals surface area contributed by atoms with E-state index in [1.54, 1.807) is 10.7 Å². The fraction of sp³-hybridized carbons (Fsp3) is 0.250. The molecular weight excluding hydrogens is 228 g/mol. The van der Waals surface area contributed by atoms with E-state index in [1.165, 1.54) is 0 Å². The molecule has 92 valence electrons. The zero-order valence-electron chi connectivity index (χ0n) is 10.1. The van der Waals surface area contributed by atoms with Gasteiger partial charge in [-0.2, -0.15) is 4.98 Å². The summed E-state index contributed by atoms with van der Waals surface area (Å²) in [4.78, 5) is 8.63. The van der Waals surface area contributed by atoms with Gasteiger partial charge in [-0.05, 0) is 12.1 Å². The lowest BCUT2D eigenvalue weighted by atomic mass is 10.4. The summed E-state index contributed by atoms with van der Waals surface area (Å²) in [5.41, 5.74) is 0.844. The molecule has 0 bridgehead atoms. The van der Waals surface area contributed by atoms with Gasteiger partial charge in [0.1, 0.15) is 5.82 Å². The van der Waals surface area contributed by atoms with E-state index in [4.69, 9.17) is 0 Å². The number of rotatable bonds is 4. The van der Waals surface area contributed by atoms with E-state index in [2.05, 4.69) is 20.4 Å². The molecule has 0 aliphatic carbocycles. The Hall–Kier alpha value is -2.37. The van der Waals surface area contributed by atoms with E-state index in [0.717, 1.165) is 24.4 Å². The Balaban J connectivity index is 1.65. The van der Waals surface area contributed by atoms with Crippen LogP contribution in [0, 0.1) is 0 Å². The van der Waals surface area contributed by atoms with Gasteiger partial charge in [0.15, 0.2) is 5.65 Å². The van der Waals surface area contributed by atoms with Crippen LogP contribution in [-0.4, -0.2) is 30.7 Å². The van der Waals surface area contributed by atoms with Crippen molar-refractivity contribution >= 4 is 11.6 Å². The monoisotopic (exact) mass is 242 g/mol. The number of anilines is 1. The van der Waals surface area contributed by atoms with Crippen LogP contribution in [-0.2, 0) is 13.5 Å². The quantitative estimate of drug-likeness (QED) is 0.744. The first-order chi connectivity index (χ1) is 8.83. The van der Waals surface area contributed by atoms with E-state index in [0.29, 0.717) is 5.95 Å². The fourth-order valence-corrected chi connectivity index (χ4v) is 1.83. The highest BCUT2D eigenvalue weighted by atomic mass is 15.3. The van der Waals surface area contributed by atoms with Crippen LogP contribution in [0.5, 0.6) is 0 Å². The van der Waals surface area contributed by atoms with Crippen LogP contribution in [0.25, 0.3) is 5.65 Å². The zero-order valence-corrected chi connectivity index (χ0v) is 10.1. The number of hydrogen-bond donors (Lipinski definition) is 1. The molecule has 0 amide bonds. The molecule has 0 aromatic carbocycles. The molecular formula is C12H14N6. The molecule has 0 aliphatic heterocycles. The third-order valence-corrected chi connectivity index (χ3v) is 2.79. The lowest BCUT2D eigenvalue weighted by Crippen LogP contribution is -2.09. The Kier molecular flexibility index (Phi) is 2.68. The van der Waals surface area contributed by atoms with E-state index < -0.39 is 0 Å². The molecule has 6 heteroatoms. The van der Waals surface area contributed by atoms with Crippen LogP contribution in [0.15, 0.2) is 36.8 Å². The molecule has 0 saturated carbocycles. The van der Waals surface area contributed by atoms with Crippen molar-refractivity contribution in [3.8, 4) is 0 Å². The molecule has 0 radical (unpaired) electrons. The summed E-state index contributed by atoms with van der Waals surface area (Å²) in [6, 6.07) is 5.80. The lowest BCUT2D eigenvalue weighted by molar-refractivity contribution is 0.786. The Morgan fingerprint density at radius 2 is 2.22 bits per heavy atom. The van der Waals surface area contributed by atoms with Gasteiger partial charge in [-0.15, -0.1) is 5.10 Å². The molecule has 3 rings (SSSR count). The van der Waals surface area contributed by atoms with Crippen molar-refractivity contribution in [1.29, 1.82) is 0 Å². The van der Waals surface area contributed by atoms with Crippen LogP contribution in [0.1, 0.15) is 5.82 Å². The van der Waals surface area contributed by atoms with Crippen LogP contribution >= 0.6 is 0 Å². The molecule has 3 aromatic rings. The van der Waals surface area contributed by atoms with Crippen LogP contribution in [0.2, 0.25) is 0 Å². The summed E-state index contributed by atoms with van der Waals surface area (Å²) in [7, 11) is 1.99. The number of nitrogens with one attached hydrogen (secondary N) is 1. The van der Waals surface area contributed by atoms with Crippen LogP contribution in [0.4, 0.5) is 5.95 Å². The Morgan fingerprint density at radius 3 is 3.00 bits per heavy atom. The number of aryl methyl sites for hydroxylation is 1. The van der Waals surface area contributed by atoms with Crippen molar-refractivity contribution in [1.82, 2.24) is 24.1 Å². The summed E-state index contributed by atoms with van der Waals surface area (Å²) in [5.74, 6) is 1.70. The standard InChI is InChI=1S/C12H14N6/c1-17-9-7-13-10(17)5-6-14-12-15-11-4-2-3-8-18(11)16-12/h2-4,7-9H,5-6H2,1H3,(H,14,16). The molecule has 0 spiro atoms. The van der Waals surface area contributed by atoms with Crippen molar-refractivity contribution in [2.75, 3.05) is 11.9 Å². The minimum atomic E-state index is 0.649. The van der Waals surface area contributed by atoms with Gasteiger partial charge >= 0.3 is 0 Å². The van der Waals surface area contributed by atoms with Gasteiger partial charge in [0.25, 0.3) is 0 Å². The van der Waals surface area contributed by atoms with Gasteiger partial charge in [-0.25, -0.2) is 9.50 Å². The summed E-state index contributed by atoms with van der Waals surface area (Å²) in [6.07, 6.45) is 6.47. The Labute approximate surface area is 104 Å². The minimum absolute atomic E-state index is 0.649. The molecule has 0 saturated heterocycles. The van der Waals surface area contributed by atoms with Crippen LogP contribution in [0.3, 0.4) is 0 Å². The summed E-state index contributed by atoms with van der Waals surface area (Å²) in [5, 5.41) is 7.52. The molecule has 0 fully saturated rings. The average molecular weight is 242 g/mol. The van der Waals surface area contributed by atoms with E-state index in [-0.39, 0.29) is 0 Å². The van der Waals surface area contributed by atoms with E-state index >= 15 is 0 Å². The molecule has 1 N–H and O–H groups in total. The summed E-state index contributed by atoms with van der Waals surface area (Å²) in [6.45, 7) is 0.766. The second kappa shape index (κ2) is 4.48. The van der Waals surface area contributed by atoms with Crippen LogP contribution < -0.4 is 5.32 Å². The Morgan fingerprint density at radius 1 is 1.28 bits per heavy atom. The molecule has 0 atom stereocenters. The van der Waals surface area contributed by atoms with Crippen molar-refractivity contribution in [3.63, 3.8) is 0 Å². The topological polar surface area (TPSA) is 60.0 Å². The number of imidazole rings is 1. The van der Waals surface area contributed by atoms with E-state index in [9.17, 15) is 0 Å². The molecule has 18 heavy (non-hydrogen) atoms. The second-order valence-electron chi connectivity index (χ2n) is 4.07. The average Bonchev–Trinajstić information content (AvgIpc) is 2.96. The van der Waals surface area contributed by atoms with Crippen molar-refractivity contribution < 1.29 is 0 Å². The number of nitrogens with zero attached hydrogens (tertiary/aromatic N) is 5. The smallest absolute Gasteiger partial charge is 0.243 e. The number of fused-ring (bicyclic) bond motifs is 1. The first-order valence-electron chi connectivity index (χ1n) is 5.84. The van der Waals surface area contributed by atoms with Crippen molar-refractivity contribution in [2.45, 2.75) is 6.42 Å². The van der Waals surface area contributed by atoms with E-state index in [1.807, 2.05) is 42.2 Å². The first kappa shape index (κ1) is 10.8. The zero-order chi connectivity index (χ0) is 12.4. The van der Waals surface area contributed by atoms with Gasteiger partial charge in [0.05, 0.1) is 0 Å². The largest absolute Gasteiger partial charge is 0.352 e. The maximum Gasteiger partial charge on any atom is 0.243 e. The lowest BCUT2D eigenvalue weighted by Gasteiger charge is -2.01. The highest BCUT2D eigenvalue weighted by molar-refractivity contribution is 5.42. The third kappa shape index (κ3) is 2.04. The normalized spacial score (nSPS) is 10.9. The number of pyridine rings is 1. The molecule has 0 unspecified atom stereocenters. The maximum absolute atomic E-state index is 4.37. The molecule has 3 aromatic heterocycles. The third-order valence-electron chi connectivity index (χ3n) is 2.79. The van der Waals surface area contributed by atoms with Gasteiger partial charge < -0.3 is 9.88 Å². The van der Waals surface area contributed by atoms with Gasteiger partial charge in [-0.3, -0.25) is 0 Å². The summed E-state index contributed by atoms with van der Waals surface area (Å²) >= 11 is 0. The fourth-order valence-electron chi connectivity index (χ4n) is 1.83. The van der Waals surface area contributed by atoms with Gasteiger partial charge in [0, 0.05) is 38.6 Å². The highest BCUT2D eigenvalue weighted by Crippen LogP contribution is 2.04. The molecule has 3 heterocycles. The maximum atomic E-state index is 4.37. The second-order valence-corrected chi connectivity index (χ2v) is 4.07. The van der Waals surface area contributed by atoms with Gasteiger partial charge in [-0.1, -0.05) is 6.07 Å². The Bertz CT molecular complexity index is 620. The molecule has 0 aliphatic rings. The number of aromatic nitrogens is 5. The minimum Gasteiger partial charge on any atom is -0.352 e. The van der Waals surface area contributed by atoms with Gasteiger partial charge in [0.2, 0.25) is 5.95 Å². The number of hydrogen-bond acceptors (Lipinski definition) is 4. The van der Waals surface area contributed by atoms with Crippen molar-refractivity contribution in [3.05, 3.63) is 42.6 Å². The SMILES string of the molecule is Cn1ccnc1CCNc1nc2ccccn2n1. The predicted molar refractivity (Wildman–Crippen MR) is 68.4 cm³/mol. The predicted octanol–water partition coefficient (Wildman–Crippen LogP) is 1.12. The highest BCUT2D eigenvalue weighted by Gasteiger charge is 2.03. The van der Waals surface area contributed by atoms with Crippen molar-refractivity contribution in [2.24, 2.45) is 7.05 Å². The molecule has 6 nitrogen and oxygen atoms in total.